The molecule has 3 heterocycles. The van der Waals surface area contributed by atoms with Gasteiger partial charge in [-0.25, -0.2) is 12.7 Å². The van der Waals surface area contributed by atoms with Crippen molar-refractivity contribution >= 4 is 38.6 Å². The zero-order valence-corrected chi connectivity index (χ0v) is 21.0. The number of nitrogens with zero attached hydrogens (tertiary/aromatic N) is 2. The van der Waals surface area contributed by atoms with Gasteiger partial charge in [-0.15, -0.1) is 0 Å². The molecule has 4 atom stereocenters. The van der Waals surface area contributed by atoms with Crippen molar-refractivity contribution in [3.05, 3.63) is 53.2 Å². The molecule has 0 radical (unpaired) electrons. The average Bonchev–Trinajstić information content (AvgIpc) is 2.97. The van der Waals surface area contributed by atoms with Crippen molar-refractivity contribution in [2.24, 2.45) is 11.8 Å². The minimum absolute atomic E-state index is 0. The predicted octanol–water partition coefficient (Wildman–Crippen LogP) is -3.15. The van der Waals surface area contributed by atoms with Crippen LogP contribution in [0.4, 0.5) is 0 Å². The number of carbonyl (C=O) groups excluding carboxylic acids is 3. The van der Waals surface area contributed by atoms with E-state index in [0.717, 1.165) is 4.90 Å². The maximum Gasteiger partial charge on any atom is 1.00 e. The van der Waals surface area contributed by atoms with Gasteiger partial charge in [-0.3, -0.25) is 9.59 Å². The summed E-state index contributed by atoms with van der Waals surface area (Å²) in [5.74, 6) is -4.35. The van der Waals surface area contributed by atoms with Crippen LogP contribution in [0.25, 0.3) is 10.8 Å². The smallest absolute Gasteiger partial charge is 0.543 e. The third-order valence-electron chi connectivity index (χ3n) is 6.71. The fraction of sp³-hybridized carbons (Fsp3) is 0.318. The van der Waals surface area contributed by atoms with Crippen molar-refractivity contribution in [3.63, 3.8) is 0 Å². The molecule has 1 fully saturated rings. The first kappa shape index (κ1) is 23.9. The van der Waals surface area contributed by atoms with Crippen LogP contribution in [-0.4, -0.2) is 59.2 Å². The fourth-order valence-electron chi connectivity index (χ4n) is 5.22. The number of carboxylic acid groups (broad SMARTS) is 1. The van der Waals surface area contributed by atoms with Crippen LogP contribution in [0, 0.1) is 11.8 Å². The standard InChI is InChI=1S/C22H20N2O7S.Na/c1-10-14(19(22(28)29)24-18(10)16(11(2)25)21(24)27)9-23-20(26)13-7-3-5-12-6-4-8-15(17(12)13)32(23,30)31;/h3-8,10-11,16,18,25H,9H2,1-2H3,(H,28,29);/q;+1/p-1. The first-order chi connectivity index (χ1) is 15.1. The first-order valence-electron chi connectivity index (χ1n) is 10.1. The van der Waals surface area contributed by atoms with Crippen molar-refractivity contribution < 1.29 is 62.6 Å². The Morgan fingerprint density at radius 3 is 2.42 bits per heavy atom. The second-order valence-corrected chi connectivity index (χ2v) is 10.2. The Kier molecular flexibility index (Phi) is 5.73. The number of hydrogen-bond donors (Lipinski definition) is 1. The van der Waals surface area contributed by atoms with Crippen LogP contribution in [0.15, 0.2) is 52.6 Å². The number of hydrogen-bond acceptors (Lipinski definition) is 7. The Bertz CT molecular complexity index is 1360. The quantitative estimate of drug-likeness (QED) is 0.362. The monoisotopic (exact) mass is 478 g/mol. The first-order valence-corrected chi connectivity index (χ1v) is 11.6. The van der Waals surface area contributed by atoms with Crippen LogP contribution >= 0.6 is 0 Å². The number of β-lactam (4-membered cyclic amide) rings is 1. The molecule has 0 spiro atoms. The van der Waals surface area contributed by atoms with Crippen LogP contribution in [0.5, 0.6) is 0 Å². The topological polar surface area (TPSA) is 135 Å². The number of aliphatic hydroxyl groups excluding tert-OH is 1. The molecule has 5 rings (SSSR count). The Hall–Kier alpha value is -2.24. The third kappa shape index (κ3) is 3.12. The zero-order chi connectivity index (χ0) is 23.1. The third-order valence-corrected chi connectivity index (χ3v) is 8.49. The molecule has 3 aliphatic heterocycles. The van der Waals surface area contributed by atoms with Crippen molar-refractivity contribution in [1.82, 2.24) is 9.21 Å². The van der Waals surface area contributed by atoms with E-state index in [1.165, 1.54) is 19.1 Å². The van der Waals surface area contributed by atoms with Gasteiger partial charge >= 0.3 is 29.6 Å². The molecule has 0 aromatic heterocycles. The molecule has 0 saturated carbocycles. The van der Waals surface area contributed by atoms with Crippen molar-refractivity contribution in [2.75, 3.05) is 6.54 Å². The minimum atomic E-state index is -4.27. The molecule has 0 bridgehead atoms. The van der Waals surface area contributed by atoms with Crippen molar-refractivity contribution in [1.29, 1.82) is 0 Å². The van der Waals surface area contributed by atoms with E-state index >= 15 is 0 Å². The summed E-state index contributed by atoms with van der Waals surface area (Å²) in [6.45, 7) is 2.57. The molecular formula is C22H19N2NaO7S. The number of rotatable bonds is 4. The van der Waals surface area contributed by atoms with Gasteiger partial charge in [-0.05, 0) is 30.0 Å². The number of aliphatic hydroxyl groups is 1. The van der Waals surface area contributed by atoms with Gasteiger partial charge in [0.05, 0.1) is 41.2 Å². The number of sulfonamides is 1. The zero-order valence-electron chi connectivity index (χ0n) is 18.2. The van der Waals surface area contributed by atoms with Gasteiger partial charge in [-0.1, -0.05) is 31.2 Å². The Balaban J connectivity index is 0.00000259. The number of carboxylic acids is 1. The second kappa shape index (κ2) is 7.92. The molecular weight excluding hydrogens is 459 g/mol. The summed E-state index contributed by atoms with van der Waals surface area (Å²) in [5.41, 5.74) is -0.116. The summed E-state index contributed by atoms with van der Waals surface area (Å²) in [4.78, 5) is 38.7. The SMILES string of the molecule is CC(O)C1C(=O)N2C(C(=O)[O-])=C(CN3C(=O)c4cccc5cccc(c45)S3(=O)=O)C(C)C12.[Na+]. The fourth-order valence-corrected chi connectivity index (χ4v) is 6.82. The van der Waals surface area contributed by atoms with Crippen molar-refractivity contribution in [2.45, 2.75) is 30.9 Å². The van der Waals surface area contributed by atoms with Gasteiger partial charge in [0.15, 0.2) is 0 Å². The van der Waals surface area contributed by atoms with Crippen LogP contribution in [0.2, 0.25) is 0 Å². The number of carbonyl (C=O) groups is 3. The average molecular weight is 478 g/mol. The number of amides is 2. The van der Waals surface area contributed by atoms with Gasteiger partial charge < -0.3 is 19.9 Å². The summed E-state index contributed by atoms with van der Waals surface area (Å²) < 4.78 is 27.4. The molecule has 33 heavy (non-hydrogen) atoms. The van der Waals surface area contributed by atoms with Gasteiger partial charge in [0.25, 0.3) is 15.9 Å². The van der Waals surface area contributed by atoms with Crippen LogP contribution in [0.1, 0.15) is 24.2 Å². The summed E-state index contributed by atoms with van der Waals surface area (Å²) in [6.07, 6.45) is -1.00. The van der Waals surface area contributed by atoms with Crippen molar-refractivity contribution in [3.8, 4) is 0 Å². The second-order valence-electron chi connectivity index (χ2n) is 8.39. The van der Waals surface area contributed by atoms with E-state index in [4.69, 9.17) is 0 Å². The Morgan fingerprint density at radius 2 is 1.82 bits per heavy atom. The molecule has 3 aliphatic rings. The molecule has 2 amide bonds. The summed E-state index contributed by atoms with van der Waals surface area (Å²) in [5, 5.41) is 22.8. The van der Waals surface area contributed by atoms with E-state index in [0.29, 0.717) is 15.1 Å². The van der Waals surface area contributed by atoms with Gasteiger partial charge in [-0.2, -0.15) is 0 Å². The van der Waals surface area contributed by atoms with E-state index in [9.17, 15) is 33.0 Å². The largest absolute Gasteiger partial charge is 1.00 e. The molecule has 4 unspecified atom stereocenters. The van der Waals surface area contributed by atoms with Gasteiger partial charge in [0.1, 0.15) is 0 Å². The number of fused-ring (bicyclic) bond motifs is 1. The predicted molar refractivity (Wildman–Crippen MR) is 109 cm³/mol. The number of benzene rings is 2. The molecule has 2 aromatic rings. The van der Waals surface area contributed by atoms with E-state index in [-0.39, 0.29) is 45.6 Å². The van der Waals surface area contributed by atoms with E-state index in [1.54, 1.807) is 31.2 Å². The summed E-state index contributed by atoms with van der Waals surface area (Å²) in [6, 6.07) is 8.96. The molecule has 0 aliphatic carbocycles. The van der Waals surface area contributed by atoms with E-state index in [2.05, 4.69) is 0 Å². The molecule has 11 heteroatoms. The Morgan fingerprint density at radius 1 is 1.18 bits per heavy atom. The summed E-state index contributed by atoms with van der Waals surface area (Å²) >= 11 is 0. The minimum Gasteiger partial charge on any atom is -0.543 e. The molecule has 1 saturated heterocycles. The normalized spacial score (nSPS) is 26.1. The van der Waals surface area contributed by atoms with Crippen LogP contribution in [-0.2, 0) is 19.6 Å². The Labute approximate surface area is 212 Å². The van der Waals surface area contributed by atoms with E-state index < -0.39 is 64.0 Å². The molecule has 2 aromatic carbocycles. The summed E-state index contributed by atoms with van der Waals surface area (Å²) in [7, 11) is -4.27. The molecule has 166 valence electrons. The van der Waals surface area contributed by atoms with Gasteiger partial charge in [0.2, 0.25) is 5.91 Å². The molecule has 9 nitrogen and oxygen atoms in total. The maximum absolute atomic E-state index is 13.4. The van der Waals surface area contributed by atoms with Crippen LogP contribution in [0.3, 0.4) is 0 Å². The van der Waals surface area contributed by atoms with Gasteiger partial charge in [0, 0.05) is 16.9 Å². The maximum atomic E-state index is 13.4. The number of aliphatic carboxylic acids is 1. The van der Waals surface area contributed by atoms with E-state index in [1.807, 2.05) is 0 Å². The van der Waals surface area contributed by atoms with Crippen LogP contribution < -0.4 is 34.7 Å². The molecule has 1 N–H and O–H groups in total.